The highest BCUT2D eigenvalue weighted by Crippen LogP contribution is 2.54. The first-order chi connectivity index (χ1) is 31.7. The Labute approximate surface area is 383 Å². The van der Waals surface area contributed by atoms with Gasteiger partial charge in [0.1, 0.15) is 0 Å². The van der Waals surface area contributed by atoms with Gasteiger partial charge in [0.15, 0.2) is 0 Å². The number of anilines is 6. The third-order valence-electron chi connectivity index (χ3n) is 12.7. The van der Waals surface area contributed by atoms with E-state index in [4.69, 9.17) is 0 Å². The number of benzene rings is 9. The maximum Gasteiger partial charge on any atom is 0.0890 e. The molecule has 300 valence electrons. The third-order valence-corrected chi connectivity index (χ3v) is 17.5. The molecule has 5 aromatic heterocycles. The number of nitrogens with zero attached hydrogens (tertiary/aromatic N) is 3. The van der Waals surface area contributed by atoms with E-state index in [0.29, 0.717) is 0 Å². The van der Waals surface area contributed by atoms with Crippen LogP contribution in [0.25, 0.3) is 91.5 Å². The second-order valence-electron chi connectivity index (χ2n) is 16.3. The van der Waals surface area contributed by atoms with Crippen LogP contribution < -0.4 is 9.80 Å². The molecule has 64 heavy (non-hydrogen) atoms. The van der Waals surface area contributed by atoms with Crippen LogP contribution in [0.1, 0.15) is 0 Å². The van der Waals surface area contributed by atoms with Crippen LogP contribution in [0.15, 0.2) is 200 Å². The lowest BCUT2D eigenvalue weighted by Gasteiger charge is -2.27. The van der Waals surface area contributed by atoms with E-state index >= 15 is 0 Å². The maximum atomic E-state index is 4.45. The summed E-state index contributed by atoms with van der Waals surface area (Å²) in [7, 11) is 0. The van der Waals surface area contributed by atoms with Gasteiger partial charge in [-0.05, 0) is 84.2 Å². The van der Waals surface area contributed by atoms with E-state index in [1.165, 1.54) is 97.1 Å². The van der Waals surface area contributed by atoms with E-state index < -0.39 is 0 Å². The number of fused-ring (bicyclic) bond motifs is 15. The molecule has 0 saturated heterocycles. The topological polar surface area (TPSA) is 19.4 Å². The molecule has 0 aliphatic carbocycles. The number of rotatable bonds is 6. The summed E-state index contributed by atoms with van der Waals surface area (Å²) in [5.74, 6) is 0. The van der Waals surface area contributed by atoms with Gasteiger partial charge in [0.2, 0.25) is 0 Å². The summed E-state index contributed by atoms with van der Waals surface area (Å²) in [4.78, 5) is 9.35. The lowest BCUT2D eigenvalue weighted by molar-refractivity contribution is 1.26. The zero-order chi connectivity index (χ0) is 41.9. The third kappa shape index (κ3) is 5.45. The second-order valence-corrected chi connectivity index (χ2v) is 20.8. The molecule has 0 saturated carbocycles. The van der Waals surface area contributed by atoms with Crippen molar-refractivity contribution in [3.8, 4) is 0 Å². The molecule has 0 N–H and O–H groups in total. The van der Waals surface area contributed by atoms with Crippen molar-refractivity contribution < 1.29 is 0 Å². The van der Waals surface area contributed by atoms with Gasteiger partial charge >= 0.3 is 0 Å². The Morgan fingerprint density at radius 2 is 0.844 bits per heavy atom. The van der Waals surface area contributed by atoms with E-state index in [9.17, 15) is 0 Å². The molecule has 14 rings (SSSR count). The van der Waals surface area contributed by atoms with Gasteiger partial charge < -0.3 is 9.80 Å². The molecule has 0 aliphatic rings. The van der Waals surface area contributed by atoms with Crippen molar-refractivity contribution in [1.82, 2.24) is 4.98 Å². The van der Waals surface area contributed by atoms with Gasteiger partial charge in [-0.2, -0.15) is 0 Å². The lowest BCUT2D eigenvalue weighted by atomic mass is 9.98. The highest BCUT2D eigenvalue weighted by molar-refractivity contribution is 7.45. The fourth-order valence-electron chi connectivity index (χ4n) is 9.96. The van der Waals surface area contributed by atoms with Gasteiger partial charge in [0, 0.05) is 117 Å². The Kier molecular flexibility index (Phi) is 8.06. The van der Waals surface area contributed by atoms with Gasteiger partial charge in [-0.1, -0.05) is 109 Å². The predicted octanol–water partition coefficient (Wildman–Crippen LogP) is 18.6. The van der Waals surface area contributed by atoms with Crippen molar-refractivity contribution in [2.45, 2.75) is 0 Å². The van der Waals surface area contributed by atoms with Gasteiger partial charge in [-0.15, -0.1) is 45.3 Å². The standard InChI is InChI=1S/C57H33N3S4/c1-2-12-34(13-3-1)59(36-23-25-51-45(30-36)41-17-9-11-21-50(41)61-51)48-33-53-54(43-18-6-4-14-38(43)48)55-46-32-47(39-15-5-7-19-44(39)56(46)64-57(55)63-53)60(35-26-28-58-29-27-35)37-22-24-42-40-16-8-10-20-49(40)62-52(42)31-37/h1-33H. The summed E-state index contributed by atoms with van der Waals surface area (Å²) < 4.78 is 9.16. The molecule has 0 aliphatic heterocycles. The highest BCUT2D eigenvalue weighted by atomic mass is 32.2. The summed E-state index contributed by atoms with van der Waals surface area (Å²) in [6.45, 7) is 0. The highest BCUT2D eigenvalue weighted by Gasteiger charge is 2.25. The molecule has 14 aromatic rings. The molecule has 0 bridgehead atoms. The minimum absolute atomic E-state index is 1.08. The minimum atomic E-state index is 1.08. The Morgan fingerprint density at radius 1 is 0.297 bits per heavy atom. The Bertz CT molecular complexity index is 4160. The minimum Gasteiger partial charge on any atom is -0.310 e. The van der Waals surface area contributed by atoms with E-state index in [0.717, 1.165) is 28.4 Å². The summed E-state index contributed by atoms with van der Waals surface area (Å²) >= 11 is 7.58. The molecular formula is C57H33N3S4. The number of aromatic nitrogens is 1. The van der Waals surface area contributed by atoms with Crippen LogP contribution >= 0.6 is 45.3 Å². The second kappa shape index (κ2) is 14.2. The van der Waals surface area contributed by atoms with Crippen LogP contribution in [0.5, 0.6) is 0 Å². The van der Waals surface area contributed by atoms with Crippen molar-refractivity contribution >= 4 is 171 Å². The fraction of sp³-hybridized carbons (Fsp3) is 0. The largest absolute Gasteiger partial charge is 0.310 e. The molecule has 0 amide bonds. The molecular weight excluding hydrogens is 855 g/mol. The van der Waals surface area contributed by atoms with E-state index in [1.807, 2.05) is 57.7 Å². The van der Waals surface area contributed by atoms with Crippen molar-refractivity contribution in [3.63, 3.8) is 0 Å². The van der Waals surface area contributed by atoms with Gasteiger partial charge in [-0.25, -0.2) is 0 Å². The number of thiophene rings is 4. The zero-order valence-electron chi connectivity index (χ0n) is 34.0. The van der Waals surface area contributed by atoms with Gasteiger partial charge in [-0.3, -0.25) is 4.98 Å². The smallest absolute Gasteiger partial charge is 0.0890 e. The fourth-order valence-corrected chi connectivity index (χ4v) is 14.9. The van der Waals surface area contributed by atoms with Crippen LogP contribution in [0.3, 0.4) is 0 Å². The predicted molar refractivity (Wildman–Crippen MR) is 283 cm³/mol. The van der Waals surface area contributed by atoms with Crippen molar-refractivity contribution in [2.24, 2.45) is 0 Å². The molecule has 0 fully saturated rings. The summed E-state index contributed by atoms with van der Waals surface area (Å²) in [6, 6.07) is 69.5. The van der Waals surface area contributed by atoms with Crippen LogP contribution in [0.2, 0.25) is 0 Å². The Morgan fingerprint density at radius 3 is 1.61 bits per heavy atom. The van der Waals surface area contributed by atoms with Crippen molar-refractivity contribution in [3.05, 3.63) is 200 Å². The Hall–Kier alpha value is -7.13. The monoisotopic (exact) mass is 887 g/mol. The maximum absolute atomic E-state index is 4.45. The Balaban J connectivity index is 1.03. The molecule has 9 aromatic carbocycles. The van der Waals surface area contributed by atoms with Crippen LogP contribution in [-0.2, 0) is 0 Å². The molecule has 7 heteroatoms. The van der Waals surface area contributed by atoms with E-state index in [-0.39, 0.29) is 0 Å². The number of pyridine rings is 1. The van der Waals surface area contributed by atoms with Gasteiger partial charge in [0.05, 0.1) is 15.4 Å². The van der Waals surface area contributed by atoms with Crippen LogP contribution in [-0.4, -0.2) is 4.98 Å². The SMILES string of the molecule is c1ccc(N(c2ccc3sc4ccccc4c3c2)c2cc3sc4sc5c6ccccc6c(N(c6ccncc6)c6ccc7c(c6)sc6ccccc67)cc5c4c3c3ccccc23)cc1. The summed E-state index contributed by atoms with van der Waals surface area (Å²) in [6.07, 6.45) is 3.80. The first-order valence-electron chi connectivity index (χ1n) is 21.3. The van der Waals surface area contributed by atoms with E-state index in [1.54, 1.807) is 0 Å². The summed E-state index contributed by atoms with van der Waals surface area (Å²) in [5, 5.41) is 14.1. The van der Waals surface area contributed by atoms with E-state index in [2.05, 4.69) is 203 Å². The number of hydrogen-bond donors (Lipinski definition) is 0. The average Bonchev–Trinajstić information content (AvgIpc) is 4.11. The quantitative estimate of drug-likeness (QED) is 0.166. The average molecular weight is 888 g/mol. The normalized spacial score (nSPS) is 12.1. The molecule has 0 spiro atoms. The van der Waals surface area contributed by atoms with Gasteiger partial charge in [0.25, 0.3) is 0 Å². The zero-order valence-corrected chi connectivity index (χ0v) is 37.3. The first-order valence-corrected chi connectivity index (χ1v) is 24.6. The van der Waals surface area contributed by atoms with Crippen LogP contribution in [0, 0.1) is 0 Å². The number of para-hydroxylation sites is 1. The number of hydrogen-bond acceptors (Lipinski definition) is 7. The van der Waals surface area contributed by atoms with Crippen molar-refractivity contribution in [2.75, 3.05) is 9.80 Å². The van der Waals surface area contributed by atoms with Crippen molar-refractivity contribution in [1.29, 1.82) is 0 Å². The lowest BCUT2D eigenvalue weighted by Crippen LogP contribution is -2.10. The summed E-state index contributed by atoms with van der Waals surface area (Å²) in [5.41, 5.74) is 6.82. The molecule has 0 radical (unpaired) electrons. The molecule has 0 atom stereocenters. The van der Waals surface area contributed by atoms with Crippen LogP contribution in [0.4, 0.5) is 34.1 Å². The first kappa shape index (κ1) is 36.4. The molecule has 3 nitrogen and oxygen atoms in total. The molecule has 5 heterocycles. The molecule has 0 unspecified atom stereocenters.